The highest BCUT2D eigenvalue weighted by atomic mass is 16.5. The van der Waals surface area contributed by atoms with Gasteiger partial charge in [-0.25, -0.2) is 4.98 Å². The molecule has 1 N–H and O–H groups in total. The SMILES string of the molecule is CC(C)c1ccccc1OCCn1c(CCCCCNC(=O)c2ccccc2)nc2ccccc21. The number of carbonyl (C=O) groups is 1. The molecule has 0 unspecified atom stereocenters. The van der Waals surface area contributed by atoms with E-state index in [2.05, 4.69) is 60.1 Å². The van der Waals surface area contributed by atoms with Gasteiger partial charge in [-0.3, -0.25) is 4.79 Å². The zero-order chi connectivity index (χ0) is 24.5. The van der Waals surface area contributed by atoms with Gasteiger partial charge < -0.3 is 14.6 Å². The van der Waals surface area contributed by atoms with E-state index in [1.807, 2.05) is 42.5 Å². The summed E-state index contributed by atoms with van der Waals surface area (Å²) in [5, 5.41) is 3.01. The minimum Gasteiger partial charge on any atom is -0.491 e. The van der Waals surface area contributed by atoms with Crippen molar-refractivity contribution in [1.29, 1.82) is 0 Å². The topological polar surface area (TPSA) is 56.1 Å². The van der Waals surface area contributed by atoms with Gasteiger partial charge in [0, 0.05) is 18.5 Å². The molecule has 0 atom stereocenters. The van der Waals surface area contributed by atoms with Gasteiger partial charge in [-0.05, 0) is 54.7 Å². The lowest BCUT2D eigenvalue weighted by Crippen LogP contribution is -2.24. The van der Waals surface area contributed by atoms with Crippen LogP contribution in [0.5, 0.6) is 5.75 Å². The van der Waals surface area contributed by atoms with Gasteiger partial charge in [-0.2, -0.15) is 0 Å². The molecule has 1 amide bonds. The lowest BCUT2D eigenvalue weighted by Gasteiger charge is -2.15. The Morgan fingerprint density at radius 3 is 2.49 bits per heavy atom. The van der Waals surface area contributed by atoms with E-state index in [9.17, 15) is 4.79 Å². The van der Waals surface area contributed by atoms with E-state index < -0.39 is 0 Å². The van der Waals surface area contributed by atoms with Crippen LogP contribution in [0.3, 0.4) is 0 Å². The fourth-order valence-electron chi connectivity index (χ4n) is 4.38. The van der Waals surface area contributed by atoms with Gasteiger partial charge in [-0.15, -0.1) is 0 Å². The van der Waals surface area contributed by atoms with Crippen LogP contribution in [0.25, 0.3) is 11.0 Å². The summed E-state index contributed by atoms with van der Waals surface area (Å²) in [6.07, 6.45) is 3.93. The predicted molar refractivity (Wildman–Crippen MR) is 142 cm³/mol. The maximum atomic E-state index is 12.2. The zero-order valence-corrected chi connectivity index (χ0v) is 20.7. The summed E-state index contributed by atoms with van der Waals surface area (Å²) < 4.78 is 8.50. The number of fused-ring (bicyclic) bond motifs is 1. The number of rotatable bonds is 12. The molecule has 4 aromatic rings. The number of nitrogens with one attached hydrogen (secondary N) is 1. The number of aromatic nitrogens is 2. The quantitative estimate of drug-likeness (QED) is 0.245. The van der Waals surface area contributed by atoms with Crippen molar-refractivity contribution in [2.75, 3.05) is 13.2 Å². The second-order valence-corrected chi connectivity index (χ2v) is 9.14. The summed E-state index contributed by atoms with van der Waals surface area (Å²) >= 11 is 0. The van der Waals surface area contributed by atoms with Gasteiger partial charge in [0.25, 0.3) is 5.91 Å². The molecule has 35 heavy (non-hydrogen) atoms. The molecule has 0 radical (unpaired) electrons. The first kappa shape index (κ1) is 24.5. The highest BCUT2D eigenvalue weighted by Crippen LogP contribution is 2.26. The molecule has 0 aliphatic carbocycles. The Labute approximate surface area is 208 Å². The number of hydrogen-bond acceptors (Lipinski definition) is 3. The molecule has 0 spiro atoms. The second kappa shape index (κ2) is 12.2. The molecule has 0 saturated heterocycles. The van der Waals surface area contributed by atoms with Crippen molar-refractivity contribution in [3.05, 3.63) is 95.8 Å². The summed E-state index contributed by atoms with van der Waals surface area (Å²) in [6, 6.07) is 26.0. The lowest BCUT2D eigenvalue weighted by molar-refractivity contribution is 0.0953. The van der Waals surface area contributed by atoms with Crippen molar-refractivity contribution >= 4 is 16.9 Å². The maximum absolute atomic E-state index is 12.2. The van der Waals surface area contributed by atoms with Crippen LogP contribution in [0.4, 0.5) is 0 Å². The molecular weight excluding hydrogens is 434 g/mol. The largest absolute Gasteiger partial charge is 0.491 e. The summed E-state index contributed by atoms with van der Waals surface area (Å²) in [5.41, 5.74) is 4.13. The van der Waals surface area contributed by atoms with E-state index in [1.54, 1.807) is 0 Å². The van der Waals surface area contributed by atoms with E-state index >= 15 is 0 Å². The Morgan fingerprint density at radius 1 is 0.914 bits per heavy atom. The van der Waals surface area contributed by atoms with Gasteiger partial charge in [0.1, 0.15) is 18.2 Å². The number of hydrogen-bond donors (Lipinski definition) is 1. The van der Waals surface area contributed by atoms with E-state index in [0.717, 1.165) is 54.8 Å². The Kier molecular flexibility index (Phi) is 8.55. The summed E-state index contributed by atoms with van der Waals surface area (Å²) in [6.45, 7) is 6.43. The van der Waals surface area contributed by atoms with Crippen LogP contribution in [-0.4, -0.2) is 28.6 Å². The number of nitrogens with zero attached hydrogens (tertiary/aromatic N) is 2. The van der Waals surface area contributed by atoms with E-state index in [4.69, 9.17) is 9.72 Å². The molecule has 0 bridgehead atoms. The number of benzene rings is 3. The monoisotopic (exact) mass is 469 g/mol. The smallest absolute Gasteiger partial charge is 0.251 e. The van der Waals surface area contributed by atoms with Crippen LogP contribution >= 0.6 is 0 Å². The molecule has 1 heterocycles. The predicted octanol–water partition coefficient (Wildman–Crippen LogP) is 6.38. The van der Waals surface area contributed by atoms with Crippen LogP contribution in [-0.2, 0) is 13.0 Å². The van der Waals surface area contributed by atoms with Crippen LogP contribution in [0.1, 0.15) is 60.8 Å². The third-order valence-corrected chi connectivity index (χ3v) is 6.25. The Balaban J connectivity index is 1.30. The number of unbranched alkanes of at least 4 members (excludes halogenated alkanes) is 2. The van der Waals surface area contributed by atoms with Crippen molar-refractivity contribution in [1.82, 2.24) is 14.9 Å². The minimum absolute atomic E-state index is 0.00793. The van der Waals surface area contributed by atoms with Gasteiger partial charge in [0.15, 0.2) is 0 Å². The van der Waals surface area contributed by atoms with E-state index in [-0.39, 0.29) is 5.91 Å². The second-order valence-electron chi connectivity index (χ2n) is 9.14. The van der Waals surface area contributed by atoms with Gasteiger partial charge in [0.2, 0.25) is 0 Å². The summed E-state index contributed by atoms with van der Waals surface area (Å²) in [7, 11) is 0. The number of para-hydroxylation sites is 3. The van der Waals surface area contributed by atoms with Crippen molar-refractivity contribution < 1.29 is 9.53 Å². The lowest BCUT2D eigenvalue weighted by atomic mass is 10.0. The maximum Gasteiger partial charge on any atom is 0.251 e. The molecule has 0 fully saturated rings. The Morgan fingerprint density at radius 2 is 1.66 bits per heavy atom. The van der Waals surface area contributed by atoms with Crippen molar-refractivity contribution in [3.8, 4) is 5.75 Å². The Hall–Kier alpha value is -3.60. The average Bonchev–Trinajstić information content (AvgIpc) is 3.24. The number of aryl methyl sites for hydroxylation is 1. The molecule has 5 nitrogen and oxygen atoms in total. The van der Waals surface area contributed by atoms with E-state index in [0.29, 0.717) is 24.6 Å². The molecular formula is C30H35N3O2. The van der Waals surface area contributed by atoms with Gasteiger partial charge in [-0.1, -0.05) is 68.8 Å². The third-order valence-electron chi connectivity index (χ3n) is 6.25. The molecule has 3 aromatic carbocycles. The molecule has 0 saturated carbocycles. The van der Waals surface area contributed by atoms with Crippen LogP contribution < -0.4 is 10.1 Å². The molecule has 0 aliphatic heterocycles. The van der Waals surface area contributed by atoms with Gasteiger partial charge >= 0.3 is 0 Å². The molecule has 4 rings (SSSR count). The van der Waals surface area contributed by atoms with E-state index in [1.165, 1.54) is 5.56 Å². The highest BCUT2D eigenvalue weighted by Gasteiger charge is 2.12. The van der Waals surface area contributed by atoms with Crippen molar-refractivity contribution in [2.24, 2.45) is 0 Å². The van der Waals surface area contributed by atoms with Crippen LogP contribution in [0, 0.1) is 0 Å². The summed E-state index contributed by atoms with van der Waals surface area (Å²) in [4.78, 5) is 17.1. The first-order chi connectivity index (χ1) is 17.1. The van der Waals surface area contributed by atoms with Crippen molar-refractivity contribution in [3.63, 3.8) is 0 Å². The third kappa shape index (κ3) is 6.50. The normalized spacial score (nSPS) is 11.2. The first-order valence-electron chi connectivity index (χ1n) is 12.6. The zero-order valence-electron chi connectivity index (χ0n) is 20.7. The minimum atomic E-state index is -0.00793. The van der Waals surface area contributed by atoms with Crippen LogP contribution in [0.15, 0.2) is 78.9 Å². The van der Waals surface area contributed by atoms with Crippen molar-refractivity contribution in [2.45, 2.75) is 52.0 Å². The first-order valence-corrected chi connectivity index (χ1v) is 12.6. The number of amides is 1. The van der Waals surface area contributed by atoms with Gasteiger partial charge in [0.05, 0.1) is 17.6 Å². The average molecular weight is 470 g/mol. The summed E-state index contributed by atoms with van der Waals surface area (Å²) in [5.74, 6) is 2.48. The number of imidazole rings is 1. The fraction of sp³-hybridized carbons (Fsp3) is 0.333. The molecule has 0 aliphatic rings. The standard InChI is InChI=1S/C30H35N3O2/c1-23(2)25-15-8-11-18-28(25)35-22-21-33-27-17-10-9-16-26(27)32-29(33)19-7-4-12-20-31-30(34)24-13-5-3-6-14-24/h3,5-6,8-11,13-18,23H,4,7,12,19-22H2,1-2H3,(H,31,34). The number of ether oxygens (including phenoxy) is 1. The van der Waals surface area contributed by atoms with Crippen LogP contribution in [0.2, 0.25) is 0 Å². The molecule has 5 heteroatoms. The molecule has 182 valence electrons. The molecule has 1 aromatic heterocycles. The Bertz CT molecular complexity index is 1230. The fourth-order valence-corrected chi connectivity index (χ4v) is 4.38. The highest BCUT2D eigenvalue weighted by molar-refractivity contribution is 5.94. The number of carbonyl (C=O) groups excluding carboxylic acids is 1.